The molecule has 2 rings (SSSR count). The molecule has 0 radical (unpaired) electrons. The molecule has 0 aromatic heterocycles. The van der Waals surface area contributed by atoms with Crippen molar-refractivity contribution < 1.29 is 9.59 Å². The van der Waals surface area contributed by atoms with Gasteiger partial charge in [-0.05, 0) is 18.6 Å². The summed E-state index contributed by atoms with van der Waals surface area (Å²) < 4.78 is 0. The normalized spacial score (nSPS) is 14.9. The van der Waals surface area contributed by atoms with E-state index in [9.17, 15) is 9.59 Å². The van der Waals surface area contributed by atoms with Crippen LogP contribution in [0.1, 0.15) is 19.8 Å². The standard InChI is InChI=1S/C16H23N3O2/c1-2-6-15(20)17-13-16(21)19-11-9-18(10-12-19)14-7-4-3-5-8-14/h3-5,7-8H,2,6,9-13H2,1H3,(H,17,20). The van der Waals surface area contributed by atoms with Crippen molar-refractivity contribution in [1.29, 1.82) is 0 Å². The number of rotatable bonds is 5. The van der Waals surface area contributed by atoms with Gasteiger partial charge in [0.15, 0.2) is 0 Å². The fourth-order valence-electron chi connectivity index (χ4n) is 2.45. The van der Waals surface area contributed by atoms with E-state index in [4.69, 9.17) is 0 Å². The van der Waals surface area contributed by atoms with E-state index >= 15 is 0 Å². The van der Waals surface area contributed by atoms with Gasteiger partial charge < -0.3 is 15.1 Å². The Morgan fingerprint density at radius 3 is 2.38 bits per heavy atom. The van der Waals surface area contributed by atoms with Crippen molar-refractivity contribution in [3.8, 4) is 0 Å². The maximum atomic E-state index is 12.0. The van der Waals surface area contributed by atoms with Crippen LogP contribution >= 0.6 is 0 Å². The minimum atomic E-state index is -0.0474. The first-order valence-corrected chi connectivity index (χ1v) is 7.55. The summed E-state index contributed by atoms with van der Waals surface area (Å²) >= 11 is 0. The fraction of sp³-hybridized carbons (Fsp3) is 0.500. The van der Waals surface area contributed by atoms with Crippen molar-refractivity contribution in [2.45, 2.75) is 19.8 Å². The summed E-state index contributed by atoms with van der Waals surface area (Å²) in [5, 5.41) is 2.68. The number of carbonyl (C=O) groups excluding carboxylic acids is 2. The van der Waals surface area contributed by atoms with Gasteiger partial charge in [0.2, 0.25) is 11.8 Å². The maximum absolute atomic E-state index is 12.0. The number of nitrogens with one attached hydrogen (secondary N) is 1. The predicted molar refractivity (Wildman–Crippen MR) is 83.2 cm³/mol. The highest BCUT2D eigenvalue weighted by Gasteiger charge is 2.21. The van der Waals surface area contributed by atoms with E-state index in [0.29, 0.717) is 19.5 Å². The molecule has 0 saturated carbocycles. The first-order chi connectivity index (χ1) is 10.2. The number of anilines is 1. The number of benzene rings is 1. The third-order valence-corrected chi connectivity index (χ3v) is 3.67. The lowest BCUT2D eigenvalue weighted by molar-refractivity contribution is -0.133. The van der Waals surface area contributed by atoms with Crippen LogP contribution in [-0.4, -0.2) is 49.4 Å². The molecule has 2 amide bonds. The average Bonchev–Trinajstić information content (AvgIpc) is 2.54. The smallest absolute Gasteiger partial charge is 0.242 e. The number of amides is 2. The zero-order valence-electron chi connectivity index (χ0n) is 12.5. The Hall–Kier alpha value is -2.04. The molecular weight excluding hydrogens is 266 g/mol. The summed E-state index contributed by atoms with van der Waals surface area (Å²) in [6.07, 6.45) is 1.28. The van der Waals surface area contributed by atoms with Gasteiger partial charge in [-0.25, -0.2) is 0 Å². The van der Waals surface area contributed by atoms with Gasteiger partial charge in [0, 0.05) is 38.3 Å². The predicted octanol–water partition coefficient (Wildman–Crippen LogP) is 1.25. The molecule has 1 aliphatic heterocycles. The van der Waals surface area contributed by atoms with Gasteiger partial charge in [0.1, 0.15) is 0 Å². The molecule has 0 spiro atoms. The zero-order chi connectivity index (χ0) is 15.1. The van der Waals surface area contributed by atoms with E-state index < -0.39 is 0 Å². The van der Waals surface area contributed by atoms with E-state index in [1.54, 1.807) is 0 Å². The lowest BCUT2D eigenvalue weighted by atomic mass is 10.2. The van der Waals surface area contributed by atoms with Crippen molar-refractivity contribution in [1.82, 2.24) is 10.2 Å². The van der Waals surface area contributed by atoms with Gasteiger partial charge in [-0.3, -0.25) is 9.59 Å². The molecule has 1 aliphatic rings. The molecule has 0 bridgehead atoms. The number of para-hydroxylation sites is 1. The summed E-state index contributed by atoms with van der Waals surface area (Å²) in [6.45, 7) is 5.14. The van der Waals surface area contributed by atoms with Crippen LogP contribution < -0.4 is 10.2 Å². The van der Waals surface area contributed by atoms with E-state index in [1.165, 1.54) is 5.69 Å². The number of carbonyl (C=O) groups is 2. The van der Waals surface area contributed by atoms with Crippen LogP contribution in [0.2, 0.25) is 0 Å². The minimum Gasteiger partial charge on any atom is -0.368 e. The second-order valence-electron chi connectivity index (χ2n) is 5.23. The van der Waals surface area contributed by atoms with E-state index in [2.05, 4.69) is 22.3 Å². The van der Waals surface area contributed by atoms with Gasteiger partial charge in [0.25, 0.3) is 0 Å². The van der Waals surface area contributed by atoms with Gasteiger partial charge >= 0.3 is 0 Å². The quantitative estimate of drug-likeness (QED) is 0.887. The molecule has 1 heterocycles. The van der Waals surface area contributed by atoms with Crippen molar-refractivity contribution in [3.63, 3.8) is 0 Å². The monoisotopic (exact) mass is 289 g/mol. The molecule has 5 nitrogen and oxygen atoms in total. The molecule has 1 N–H and O–H groups in total. The van der Waals surface area contributed by atoms with E-state index in [-0.39, 0.29) is 18.4 Å². The zero-order valence-corrected chi connectivity index (χ0v) is 12.5. The van der Waals surface area contributed by atoms with Crippen molar-refractivity contribution in [2.24, 2.45) is 0 Å². The number of hydrogen-bond donors (Lipinski definition) is 1. The van der Waals surface area contributed by atoms with Crippen LogP contribution in [0, 0.1) is 0 Å². The Morgan fingerprint density at radius 1 is 1.10 bits per heavy atom. The van der Waals surface area contributed by atoms with E-state index in [1.807, 2.05) is 30.0 Å². The maximum Gasteiger partial charge on any atom is 0.242 e. The third kappa shape index (κ3) is 4.48. The molecule has 1 aromatic rings. The molecule has 0 unspecified atom stereocenters. The Morgan fingerprint density at radius 2 is 1.76 bits per heavy atom. The molecular formula is C16H23N3O2. The Bertz CT molecular complexity index is 468. The highest BCUT2D eigenvalue weighted by atomic mass is 16.2. The molecule has 1 aromatic carbocycles. The van der Waals surface area contributed by atoms with Gasteiger partial charge in [-0.15, -0.1) is 0 Å². The first-order valence-electron chi connectivity index (χ1n) is 7.55. The Labute approximate surface area is 125 Å². The van der Waals surface area contributed by atoms with Crippen molar-refractivity contribution >= 4 is 17.5 Å². The average molecular weight is 289 g/mol. The highest BCUT2D eigenvalue weighted by Crippen LogP contribution is 2.15. The summed E-state index contributed by atoms with van der Waals surface area (Å²) in [5.74, 6) is -0.0408. The van der Waals surface area contributed by atoms with Crippen LogP contribution in [0.15, 0.2) is 30.3 Å². The minimum absolute atomic E-state index is 0.00663. The fourth-order valence-corrected chi connectivity index (χ4v) is 2.45. The topological polar surface area (TPSA) is 52.7 Å². The largest absolute Gasteiger partial charge is 0.368 e. The molecule has 0 atom stereocenters. The number of piperazine rings is 1. The number of hydrogen-bond acceptors (Lipinski definition) is 3. The molecule has 114 valence electrons. The van der Waals surface area contributed by atoms with E-state index in [0.717, 1.165) is 19.5 Å². The molecule has 1 fully saturated rings. The SMILES string of the molecule is CCCC(=O)NCC(=O)N1CCN(c2ccccc2)CC1. The molecule has 0 aliphatic carbocycles. The van der Waals surface area contributed by atoms with Gasteiger partial charge in [0.05, 0.1) is 6.54 Å². The van der Waals surface area contributed by atoms with Crippen LogP contribution in [-0.2, 0) is 9.59 Å². The highest BCUT2D eigenvalue weighted by molar-refractivity contribution is 5.84. The van der Waals surface area contributed by atoms with Crippen LogP contribution in [0.25, 0.3) is 0 Å². The second-order valence-corrected chi connectivity index (χ2v) is 5.23. The molecule has 5 heteroatoms. The lowest BCUT2D eigenvalue weighted by Crippen LogP contribution is -2.51. The van der Waals surface area contributed by atoms with Gasteiger partial charge in [-0.1, -0.05) is 25.1 Å². The Kier molecular flexibility index (Phi) is 5.60. The molecule has 1 saturated heterocycles. The summed E-state index contributed by atoms with van der Waals surface area (Å²) in [5.41, 5.74) is 1.20. The number of nitrogens with zero attached hydrogens (tertiary/aromatic N) is 2. The van der Waals surface area contributed by atoms with Crippen molar-refractivity contribution in [2.75, 3.05) is 37.6 Å². The lowest BCUT2D eigenvalue weighted by Gasteiger charge is -2.36. The summed E-state index contributed by atoms with van der Waals surface area (Å²) in [7, 11) is 0. The van der Waals surface area contributed by atoms with Gasteiger partial charge in [-0.2, -0.15) is 0 Å². The van der Waals surface area contributed by atoms with Crippen LogP contribution in [0.5, 0.6) is 0 Å². The summed E-state index contributed by atoms with van der Waals surface area (Å²) in [4.78, 5) is 27.5. The Balaban J connectivity index is 1.76. The second kappa shape index (κ2) is 7.67. The molecule has 21 heavy (non-hydrogen) atoms. The van der Waals surface area contributed by atoms with Crippen LogP contribution in [0.4, 0.5) is 5.69 Å². The van der Waals surface area contributed by atoms with Crippen molar-refractivity contribution in [3.05, 3.63) is 30.3 Å². The summed E-state index contributed by atoms with van der Waals surface area (Å²) in [6, 6.07) is 10.2. The first kappa shape index (κ1) is 15.4. The van der Waals surface area contributed by atoms with Crippen LogP contribution in [0.3, 0.4) is 0 Å². The third-order valence-electron chi connectivity index (χ3n) is 3.67.